The molecule has 1 aliphatic rings. The minimum atomic E-state index is -3.38. The molecule has 1 aliphatic heterocycles. The van der Waals surface area contributed by atoms with Crippen LogP contribution in [-0.2, 0) is 21.2 Å². The lowest BCUT2D eigenvalue weighted by molar-refractivity contribution is -0.119. The molecule has 0 unspecified atom stereocenters. The predicted octanol–water partition coefficient (Wildman–Crippen LogP) is 1.30. The van der Waals surface area contributed by atoms with E-state index in [1.54, 1.807) is 17.3 Å². The van der Waals surface area contributed by atoms with E-state index in [-0.39, 0.29) is 12.5 Å². The Morgan fingerprint density at radius 3 is 2.75 bits per heavy atom. The number of sulfonamides is 1. The van der Waals surface area contributed by atoms with Gasteiger partial charge in [0.25, 0.3) is 0 Å². The van der Waals surface area contributed by atoms with E-state index in [4.69, 9.17) is 0 Å². The number of amides is 1. The Kier molecular flexibility index (Phi) is 4.64. The number of rotatable bonds is 5. The summed E-state index contributed by atoms with van der Waals surface area (Å²) in [6.45, 7) is 0.621. The maximum Gasteiger partial charge on any atom is 0.235 e. The van der Waals surface area contributed by atoms with Crippen LogP contribution in [0.15, 0.2) is 48.8 Å². The van der Waals surface area contributed by atoms with Gasteiger partial charge in [0.15, 0.2) is 0 Å². The lowest BCUT2D eigenvalue weighted by atomic mass is 9.98. The Hall–Kier alpha value is -2.25. The van der Waals surface area contributed by atoms with Crippen molar-refractivity contribution in [2.24, 2.45) is 0 Å². The van der Waals surface area contributed by atoms with Crippen LogP contribution in [0.5, 0.6) is 0 Å². The Labute approximate surface area is 141 Å². The molecule has 2 aromatic rings. The number of anilines is 1. The van der Waals surface area contributed by atoms with E-state index in [1.165, 1.54) is 0 Å². The molecule has 0 saturated heterocycles. The maximum absolute atomic E-state index is 13.1. The van der Waals surface area contributed by atoms with Crippen LogP contribution in [0, 0.1) is 0 Å². The molecule has 3 rings (SSSR count). The second-order valence-corrected chi connectivity index (χ2v) is 7.66. The highest BCUT2D eigenvalue weighted by Crippen LogP contribution is 2.30. The van der Waals surface area contributed by atoms with Crippen LogP contribution < -0.4 is 9.62 Å². The minimum Gasteiger partial charge on any atom is -0.310 e. The van der Waals surface area contributed by atoms with Gasteiger partial charge in [-0.15, -0.1) is 0 Å². The van der Waals surface area contributed by atoms with Crippen molar-refractivity contribution in [2.45, 2.75) is 12.3 Å². The van der Waals surface area contributed by atoms with Gasteiger partial charge in [0, 0.05) is 19.3 Å². The molecule has 6 nitrogen and oxygen atoms in total. The van der Waals surface area contributed by atoms with Crippen LogP contribution >= 0.6 is 0 Å². The average Bonchev–Trinajstić information content (AvgIpc) is 2.99. The number of carbonyl (C=O) groups is 1. The standard InChI is InChI=1S/C17H19N3O3S/c1-24(22,23)19-11-15(13-5-3-2-4-6-13)17(21)20-10-8-14-7-9-18-12-16(14)20/h2-7,9,12,15,19H,8,10-11H2,1H3/t15-/m1/s1. The molecule has 1 atom stereocenters. The summed E-state index contributed by atoms with van der Waals surface area (Å²) >= 11 is 0. The molecule has 0 fully saturated rings. The summed E-state index contributed by atoms with van der Waals surface area (Å²) in [5.41, 5.74) is 2.68. The van der Waals surface area contributed by atoms with Crippen molar-refractivity contribution in [3.8, 4) is 0 Å². The number of fused-ring (bicyclic) bond motifs is 1. The summed E-state index contributed by atoms with van der Waals surface area (Å²) in [5.74, 6) is -0.698. The summed E-state index contributed by atoms with van der Waals surface area (Å²) in [5, 5.41) is 0. The van der Waals surface area contributed by atoms with Gasteiger partial charge in [-0.25, -0.2) is 13.1 Å². The van der Waals surface area contributed by atoms with Gasteiger partial charge in [-0.1, -0.05) is 30.3 Å². The third-order valence-electron chi connectivity index (χ3n) is 4.10. The van der Waals surface area contributed by atoms with Crippen molar-refractivity contribution < 1.29 is 13.2 Å². The molecular weight excluding hydrogens is 326 g/mol. The van der Waals surface area contributed by atoms with Crippen LogP contribution in [0.1, 0.15) is 17.0 Å². The number of carbonyl (C=O) groups excluding carboxylic acids is 1. The number of hydrogen-bond donors (Lipinski definition) is 1. The molecule has 7 heteroatoms. The zero-order chi connectivity index (χ0) is 17.2. The first-order valence-electron chi connectivity index (χ1n) is 7.69. The lowest BCUT2D eigenvalue weighted by Gasteiger charge is -2.24. The molecule has 0 saturated carbocycles. The molecular formula is C17H19N3O3S. The summed E-state index contributed by atoms with van der Waals surface area (Å²) in [7, 11) is -3.38. The quantitative estimate of drug-likeness (QED) is 0.886. The summed E-state index contributed by atoms with van der Waals surface area (Å²) in [6, 6.07) is 11.1. The van der Waals surface area contributed by atoms with Crippen molar-refractivity contribution in [3.05, 3.63) is 59.9 Å². The summed E-state index contributed by atoms with van der Waals surface area (Å²) in [6.07, 6.45) is 5.28. The SMILES string of the molecule is CS(=O)(=O)NC[C@@H](C(=O)N1CCc2ccncc21)c1ccccc1. The number of pyridine rings is 1. The van der Waals surface area contributed by atoms with Crippen molar-refractivity contribution in [1.82, 2.24) is 9.71 Å². The van der Waals surface area contributed by atoms with E-state index < -0.39 is 15.9 Å². The monoisotopic (exact) mass is 345 g/mol. The molecule has 24 heavy (non-hydrogen) atoms. The van der Waals surface area contributed by atoms with Gasteiger partial charge in [0.2, 0.25) is 15.9 Å². The van der Waals surface area contributed by atoms with E-state index in [9.17, 15) is 13.2 Å². The Morgan fingerprint density at radius 2 is 2.04 bits per heavy atom. The van der Waals surface area contributed by atoms with Gasteiger partial charge < -0.3 is 4.90 Å². The lowest BCUT2D eigenvalue weighted by Crippen LogP contribution is -2.39. The molecule has 0 aliphatic carbocycles. The molecule has 1 N–H and O–H groups in total. The van der Waals surface area contributed by atoms with E-state index >= 15 is 0 Å². The topological polar surface area (TPSA) is 79.4 Å². The van der Waals surface area contributed by atoms with E-state index in [0.29, 0.717) is 6.54 Å². The molecule has 2 heterocycles. The molecule has 126 valence electrons. The summed E-state index contributed by atoms with van der Waals surface area (Å²) in [4.78, 5) is 18.9. The van der Waals surface area contributed by atoms with Gasteiger partial charge in [0.1, 0.15) is 0 Å². The Morgan fingerprint density at radius 1 is 1.29 bits per heavy atom. The maximum atomic E-state index is 13.1. The molecule has 0 radical (unpaired) electrons. The van der Waals surface area contributed by atoms with Crippen molar-refractivity contribution >= 4 is 21.6 Å². The second-order valence-electron chi connectivity index (χ2n) is 5.83. The van der Waals surface area contributed by atoms with Crippen molar-refractivity contribution in [1.29, 1.82) is 0 Å². The molecule has 1 aromatic carbocycles. The fraction of sp³-hybridized carbons (Fsp3) is 0.294. The molecule has 0 bridgehead atoms. The number of hydrogen-bond acceptors (Lipinski definition) is 4. The van der Waals surface area contributed by atoms with Crippen LogP contribution in [0.4, 0.5) is 5.69 Å². The fourth-order valence-electron chi connectivity index (χ4n) is 2.91. The van der Waals surface area contributed by atoms with Crippen LogP contribution in [0.3, 0.4) is 0 Å². The number of aromatic nitrogens is 1. The van der Waals surface area contributed by atoms with E-state index in [1.807, 2.05) is 36.4 Å². The summed E-state index contributed by atoms with van der Waals surface area (Å²) < 4.78 is 25.4. The Balaban J connectivity index is 1.89. The highest BCUT2D eigenvalue weighted by atomic mass is 32.2. The van der Waals surface area contributed by atoms with Gasteiger partial charge in [-0.2, -0.15) is 0 Å². The zero-order valence-electron chi connectivity index (χ0n) is 13.3. The average molecular weight is 345 g/mol. The highest BCUT2D eigenvalue weighted by molar-refractivity contribution is 7.88. The Bertz CT molecular complexity index is 837. The molecule has 1 aromatic heterocycles. The first-order chi connectivity index (χ1) is 11.5. The first-order valence-corrected chi connectivity index (χ1v) is 9.59. The van der Waals surface area contributed by atoms with Crippen LogP contribution in [0.2, 0.25) is 0 Å². The second kappa shape index (κ2) is 6.70. The van der Waals surface area contributed by atoms with Gasteiger partial charge in [0.05, 0.1) is 24.1 Å². The third-order valence-corrected chi connectivity index (χ3v) is 4.79. The zero-order valence-corrected chi connectivity index (χ0v) is 14.2. The molecule has 1 amide bonds. The fourth-order valence-corrected chi connectivity index (χ4v) is 3.38. The van der Waals surface area contributed by atoms with E-state index in [2.05, 4.69) is 9.71 Å². The number of benzene rings is 1. The van der Waals surface area contributed by atoms with Gasteiger partial charge in [-0.05, 0) is 23.6 Å². The molecule has 0 spiro atoms. The largest absolute Gasteiger partial charge is 0.310 e. The number of nitrogens with zero attached hydrogens (tertiary/aromatic N) is 2. The van der Waals surface area contributed by atoms with Crippen LogP contribution in [-0.4, -0.2) is 38.7 Å². The van der Waals surface area contributed by atoms with Crippen molar-refractivity contribution in [2.75, 3.05) is 24.2 Å². The smallest absolute Gasteiger partial charge is 0.235 e. The number of nitrogens with one attached hydrogen (secondary N) is 1. The first kappa shape index (κ1) is 16.6. The van der Waals surface area contributed by atoms with Crippen molar-refractivity contribution in [3.63, 3.8) is 0 Å². The van der Waals surface area contributed by atoms with Crippen LogP contribution in [0.25, 0.3) is 0 Å². The van der Waals surface area contributed by atoms with Gasteiger partial charge in [-0.3, -0.25) is 9.78 Å². The highest BCUT2D eigenvalue weighted by Gasteiger charge is 2.31. The normalized spacial score (nSPS) is 15.1. The third kappa shape index (κ3) is 3.63. The van der Waals surface area contributed by atoms with Gasteiger partial charge >= 0.3 is 0 Å². The predicted molar refractivity (Wildman–Crippen MR) is 92.3 cm³/mol. The minimum absolute atomic E-state index is 0.0355. The van der Waals surface area contributed by atoms with E-state index in [0.717, 1.165) is 29.5 Å².